The molecule has 0 bridgehead atoms. The summed E-state index contributed by atoms with van der Waals surface area (Å²) in [5.74, 6) is 1.84. The minimum Gasteiger partial charge on any atom is -0.456 e. The number of benzene rings is 8. The van der Waals surface area contributed by atoms with E-state index in [2.05, 4.69) is 140 Å². The van der Waals surface area contributed by atoms with Crippen LogP contribution in [-0.4, -0.2) is 0 Å². The molecule has 8 aromatic carbocycles. The highest BCUT2D eigenvalue weighted by molar-refractivity contribution is 6.20. The van der Waals surface area contributed by atoms with Crippen molar-refractivity contribution in [1.82, 2.24) is 0 Å². The number of fused-ring (bicyclic) bond motifs is 6. The summed E-state index contributed by atoms with van der Waals surface area (Å²) in [6.07, 6.45) is 0. The standard InChI is InChI=1S/C40H24O/c1-3-11-31-26(8-1)20-21-34-35(31)23-28-9-2-4-12-32(28)39(34)27-18-16-25(17-19-27)30-22-29-10-7-15-38-40(29)36(24-30)33-13-5-6-14-37(33)41-38/h1-24H. The van der Waals surface area contributed by atoms with Gasteiger partial charge in [-0.1, -0.05) is 115 Å². The smallest absolute Gasteiger partial charge is 0.135 e. The fourth-order valence-electron chi connectivity index (χ4n) is 6.71. The first-order valence-corrected chi connectivity index (χ1v) is 14.1. The van der Waals surface area contributed by atoms with Crippen molar-refractivity contribution in [2.75, 3.05) is 0 Å². The van der Waals surface area contributed by atoms with Crippen molar-refractivity contribution in [3.8, 4) is 44.9 Å². The third-order valence-corrected chi connectivity index (χ3v) is 8.61. The minimum atomic E-state index is 0.912. The van der Waals surface area contributed by atoms with Crippen molar-refractivity contribution in [1.29, 1.82) is 0 Å². The molecule has 0 unspecified atom stereocenters. The van der Waals surface area contributed by atoms with Gasteiger partial charge in [-0.25, -0.2) is 0 Å². The normalized spacial score (nSPS) is 12.1. The SMILES string of the molecule is c1ccc2c(c1)Oc1cccc3cc(-c4ccc(-c5c6ccccc6cc6c5ccc5ccccc56)cc4)cc-2c13. The van der Waals surface area contributed by atoms with Gasteiger partial charge in [0.15, 0.2) is 0 Å². The largest absolute Gasteiger partial charge is 0.456 e. The fourth-order valence-corrected chi connectivity index (χ4v) is 6.71. The molecule has 0 aromatic heterocycles. The van der Waals surface area contributed by atoms with E-state index in [9.17, 15) is 0 Å². The molecule has 1 aliphatic rings. The number of para-hydroxylation sites is 1. The second-order valence-corrected chi connectivity index (χ2v) is 10.9. The van der Waals surface area contributed by atoms with Crippen molar-refractivity contribution in [2.45, 2.75) is 0 Å². The summed E-state index contributed by atoms with van der Waals surface area (Å²) < 4.78 is 6.26. The summed E-state index contributed by atoms with van der Waals surface area (Å²) in [7, 11) is 0. The highest BCUT2D eigenvalue weighted by atomic mass is 16.5. The van der Waals surface area contributed by atoms with Crippen LogP contribution in [0.4, 0.5) is 0 Å². The summed E-state index contributed by atoms with van der Waals surface area (Å²) in [5.41, 5.74) is 7.31. The van der Waals surface area contributed by atoms with Crippen LogP contribution in [0.2, 0.25) is 0 Å². The molecule has 1 heterocycles. The van der Waals surface area contributed by atoms with Crippen LogP contribution >= 0.6 is 0 Å². The highest BCUT2D eigenvalue weighted by Crippen LogP contribution is 2.48. The monoisotopic (exact) mass is 520 g/mol. The third-order valence-electron chi connectivity index (χ3n) is 8.61. The van der Waals surface area contributed by atoms with Crippen molar-refractivity contribution < 1.29 is 4.74 Å². The molecular formula is C40H24O. The number of ether oxygens (including phenoxy) is 1. The lowest BCUT2D eigenvalue weighted by molar-refractivity contribution is 0.487. The molecule has 0 saturated heterocycles. The van der Waals surface area contributed by atoms with Gasteiger partial charge in [0.05, 0.1) is 0 Å². The molecule has 0 saturated carbocycles. The van der Waals surface area contributed by atoms with Gasteiger partial charge in [-0.3, -0.25) is 0 Å². The average molecular weight is 521 g/mol. The zero-order valence-electron chi connectivity index (χ0n) is 22.3. The van der Waals surface area contributed by atoms with Gasteiger partial charge in [-0.05, 0) is 95.9 Å². The molecule has 0 N–H and O–H groups in total. The Morgan fingerprint density at radius 2 is 1.05 bits per heavy atom. The Balaban J connectivity index is 1.24. The lowest BCUT2D eigenvalue weighted by Crippen LogP contribution is -1.97. The zero-order valence-corrected chi connectivity index (χ0v) is 22.3. The Morgan fingerprint density at radius 1 is 0.341 bits per heavy atom. The molecule has 0 radical (unpaired) electrons. The van der Waals surface area contributed by atoms with Crippen LogP contribution in [-0.2, 0) is 0 Å². The van der Waals surface area contributed by atoms with E-state index in [1.165, 1.54) is 70.9 Å². The van der Waals surface area contributed by atoms with Gasteiger partial charge in [0.1, 0.15) is 11.5 Å². The first-order valence-electron chi connectivity index (χ1n) is 14.1. The van der Waals surface area contributed by atoms with E-state index in [1.54, 1.807) is 0 Å². The van der Waals surface area contributed by atoms with E-state index in [1.807, 2.05) is 6.07 Å². The van der Waals surface area contributed by atoms with E-state index >= 15 is 0 Å². The maximum atomic E-state index is 6.26. The van der Waals surface area contributed by atoms with Gasteiger partial charge in [0.25, 0.3) is 0 Å². The molecule has 0 aliphatic carbocycles. The Bertz CT molecular complexity index is 2330. The Hall–Kier alpha value is -5.40. The fraction of sp³-hybridized carbons (Fsp3) is 0. The topological polar surface area (TPSA) is 9.23 Å². The molecule has 9 rings (SSSR count). The van der Waals surface area contributed by atoms with Crippen molar-refractivity contribution >= 4 is 43.1 Å². The molecule has 0 spiro atoms. The molecule has 0 fully saturated rings. The zero-order chi connectivity index (χ0) is 26.9. The van der Waals surface area contributed by atoms with Crippen LogP contribution in [0.5, 0.6) is 11.5 Å². The maximum Gasteiger partial charge on any atom is 0.135 e. The Kier molecular flexibility index (Phi) is 4.67. The first-order chi connectivity index (χ1) is 20.3. The molecule has 1 heteroatoms. The number of rotatable bonds is 2. The van der Waals surface area contributed by atoms with Crippen LogP contribution in [0.3, 0.4) is 0 Å². The van der Waals surface area contributed by atoms with Gasteiger partial charge >= 0.3 is 0 Å². The quantitative estimate of drug-likeness (QED) is 0.163. The van der Waals surface area contributed by atoms with Gasteiger partial charge in [-0.2, -0.15) is 0 Å². The Morgan fingerprint density at radius 3 is 1.95 bits per heavy atom. The third kappa shape index (κ3) is 3.36. The summed E-state index contributed by atoms with van der Waals surface area (Å²) >= 11 is 0. The van der Waals surface area contributed by atoms with Crippen LogP contribution in [0.1, 0.15) is 0 Å². The first kappa shape index (κ1) is 22.4. The predicted molar refractivity (Wildman–Crippen MR) is 173 cm³/mol. The van der Waals surface area contributed by atoms with Crippen LogP contribution in [0.25, 0.3) is 76.5 Å². The van der Waals surface area contributed by atoms with Crippen LogP contribution in [0.15, 0.2) is 146 Å². The van der Waals surface area contributed by atoms with Gasteiger partial charge in [0.2, 0.25) is 0 Å². The molecular weight excluding hydrogens is 496 g/mol. The van der Waals surface area contributed by atoms with Crippen molar-refractivity contribution in [3.63, 3.8) is 0 Å². The summed E-state index contributed by atoms with van der Waals surface area (Å²) in [5, 5.41) is 10.1. The van der Waals surface area contributed by atoms with Crippen LogP contribution < -0.4 is 4.74 Å². The summed E-state index contributed by atoms with van der Waals surface area (Å²) in [4.78, 5) is 0. The molecule has 190 valence electrons. The highest BCUT2D eigenvalue weighted by Gasteiger charge is 2.20. The number of hydrogen-bond donors (Lipinski definition) is 0. The molecule has 0 atom stereocenters. The second kappa shape index (κ2) is 8.55. The van der Waals surface area contributed by atoms with Crippen LogP contribution in [0, 0.1) is 0 Å². The van der Waals surface area contributed by atoms with Gasteiger partial charge < -0.3 is 4.74 Å². The summed E-state index contributed by atoms with van der Waals surface area (Å²) in [6.45, 7) is 0. The molecule has 1 nitrogen and oxygen atoms in total. The van der Waals surface area contributed by atoms with Gasteiger partial charge in [0, 0.05) is 10.9 Å². The lowest BCUT2D eigenvalue weighted by Gasteiger charge is -2.22. The Labute approximate surface area is 237 Å². The lowest BCUT2D eigenvalue weighted by atomic mass is 9.88. The summed E-state index contributed by atoms with van der Waals surface area (Å²) in [6, 6.07) is 52.7. The van der Waals surface area contributed by atoms with E-state index in [0.29, 0.717) is 0 Å². The minimum absolute atomic E-state index is 0.912. The van der Waals surface area contributed by atoms with Gasteiger partial charge in [-0.15, -0.1) is 0 Å². The van der Waals surface area contributed by atoms with E-state index in [-0.39, 0.29) is 0 Å². The van der Waals surface area contributed by atoms with Crippen molar-refractivity contribution in [3.05, 3.63) is 146 Å². The molecule has 8 aromatic rings. The van der Waals surface area contributed by atoms with E-state index in [4.69, 9.17) is 4.74 Å². The molecule has 41 heavy (non-hydrogen) atoms. The van der Waals surface area contributed by atoms with Crippen molar-refractivity contribution in [2.24, 2.45) is 0 Å². The second-order valence-electron chi connectivity index (χ2n) is 10.9. The predicted octanol–water partition coefficient (Wildman–Crippen LogP) is 11.4. The number of hydrogen-bond acceptors (Lipinski definition) is 1. The maximum absolute atomic E-state index is 6.26. The van der Waals surface area contributed by atoms with E-state index in [0.717, 1.165) is 17.1 Å². The molecule has 1 aliphatic heterocycles. The average Bonchev–Trinajstić information content (AvgIpc) is 3.04. The molecule has 0 amide bonds. The van der Waals surface area contributed by atoms with E-state index < -0.39 is 0 Å².